The first-order valence-electron chi connectivity index (χ1n) is 6.15. The molecule has 2 rings (SSSR count). The lowest BCUT2D eigenvalue weighted by Gasteiger charge is -2.36. The summed E-state index contributed by atoms with van der Waals surface area (Å²) in [5.41, 5.74) is 14.1. The summed E-state index contributed by atoms with van der Waals surface area (Å²) in [6, 6.07) is 10.2. The van der Waals surface area contributed by atoms with E-state index in [1.54, 1.807) is 0 Å². The maximum atomic E-state index is 8.74. The highest BCUT2D eigenvalue weighted by atomic mass is 14.8. The molecular weight excluding hydrogens is 210 g/mol. The zero-order valence-corrected chi connectivity index (χ0v) is 10.0. The standard InChI is InChI=1S/C14H19N3/c15-10-12-3-1-11(2-4-12)9-14(17)7-5-13(16)6-8-14/h1-4,13H,5-9,16-17H2. The van der Waals surface area contributed by atoms with Crippen molar-refractivity contribution in [3.8, 4) is 6.07 Å². The summed E-state index contributed by atoms with van der Waals surface area (Å²) in [5, 5.41) is 8.74. The Morgan fingerprint density at radius 3 is 2.35 bits per heavy atom. The van der Waals surface area contributed by atoms with Crippen LogP contribution in [0.2, 0.25) is 0 Å². The number of nitrogens with zero attached hydrogens (tertiary/aromatic N) is 1. The van der Waals surface area contributed by atoms with E-state index in [-0.39, 0.29) is 5.54 Å². The molecule has 0 unspecified atom stereocenters. The zero-order chi connectivity index (χ0) is 12.3. The summed E-state index contributed by atoms with van der Waals surface area (Å²) in [6.45, 7) is 0. The van der Waals surface area contributed by atoms with Crippen LogP contribution in [0.4, 0.5) is 0 Å². The normalized spacial score (nSPS) is 28.6. The lowest BCUT2D eigenvalue weighted by atomic mass is 9.77. The Morgan fingerprint density at radius 1 is 1.24 bits per heavy atom. The fourth-order valence-corrected chi connectivity index (χ4v) is 2.50. The molecule has 0 heterocycles. The highest BCUT2D eigenvalue weighted by Gasteiger charge is 2.30. The van der Waals surface area contributed by atoms with Gasteiger partial charge in [-0.15, -0.1) is 0 Å². The van der Waals surface area contributed by atoms with Crippen LogP contribution in [-0.2, 0) is 6.42 Å². The second-order valence-electron chi connectivity index (χ2n) is 5.19. The number of nitrogens with two attached hydrogens (primary N) is 2. The number of hydrogen-bond donors (Lipinski definition) is 2. The minimum absolute atomic E-state index is 0.107. The maximum Gasteiger partial charge on any atom is 0.0991 e. The highest BCUT2D eigenvalue weighted by molar-refractivity contribution is 5.32. The van der Waals surface area contributed by atoms with E-state index >= 15 is 0 Å². The van der Waals surface area contributed by atoms with Gasteiger partial charge in [-0.05, 0) is 49.8 Å². The molecule has 0 aliphatic heterocycles. The minimum atomic E-state index is -0.107. The van der Waals surface area contributed by atoms with Crippen LogP contribution in [-0.4, -0.2) is 11.6 Å². The topological polar surface area (TPSA) is 75.8 Å². The molecule has 0 spiro atoms. The van der Waals surface area contributed by atoms with Crippen molar-refractivity contribution in [2.45, 2.75) is 43.7 Å². The number of benzene rings is 1. The summed E-state index contributed by atoms with van der Waals surface area (Å²) in [5.74, 6) is 0. The monoisotopic (exact) mass is 229 g/mol. The molecule has 0 bridgehead atoms. The van der Waals surface area contributed by atoms with Gasteiger partial charge in [0, 0.05) is 11.6 Å². The van der Waals surface area contributed by atoms with E-state index in [2.05, 4.69) is 6.07 Å². The van der Waals surface area contributed by atoms with Gasteiger partial charge < -0.3 is 11.5 Å². The third-order valence-electron chi connectivity index (χ3n) is 3.67. The maximum absolute atomic E-state index is 8.74. The third-order valence-corrected chi connectivity index (χ3v) is 3.67. The van der Waals surface area contributed by atoms with Gasteiger partial charge in [-0.25, -0.2) is 0 Å². The molecule has 1 aromatic rings. The summed E-state index contributed by atoms with van der Waals surface area (Å²) < 4.78 is 0. The van der Waals surface area contributed by atoms with Crippen LogP contribution in [0.3, 0.4) is 0 Å². The van der Waals surface area contributed by atoms with Gasteiger partial charge in [0.2, 0.25) is 0 Å². The molecule has 1 aliphatic rings. The molecule has 90 valence electrons. The molecule has 3 nitrogen and oxygen atoms in total. The Hall–Kier alpha value is -1.37. The molecule has 1 aliphatic carbocycles. The average molecular weight is 229 g/mol. The van der Waals surface area contributed by atoms with E-state index in [4.69, 9.17) is 16.7 Å². The minimum Gasteiger partial charge on any atom is -0.328 e. The Kier molecular flexibility index (Phi) is 3.46. The SMILES string of the molecule is N#Cc1ccc(CC2(N)CCC(N)CC2)cc1. The van der Waals surface area contributed by atoms with Gasteiger partial charge in [0.1, 0.15) is 0 Å². The number of hydrogen-bond acceptors (Lipinski definition) is 3. The predicted molar refractivity (Wildman–Crippen MR) is 68.2 cm³/mol. The van der Waals surface area contributed by atoms with Gasteiger partial charge in [0.25, 0.3) is 0 Å². The molecule has 0 saturated heterocycles. The second-order valence-corrected chi connectivity index (χ2v) is 5.19. The van der Waals surface area contributed by atoms with Crippen molar-refractivity contribution < 1.29 is 0 Å². The lowest BCUT2D eigenvalue weighted by molar-refractivity contribution is 0.271. The van der Waals surface area contributed by atoms with Crippen molar-refractivity contribution in [2.75, 3.05) is 0 Å². The predicted octanol–water partition coefficient (Wildman–Crippen LogP) is 1.70. The van der Waals surface area contributed by atoms with Crippen molar-refractivity contribution in [3.63, 3.8) is 0 Å². The van der Waals surface area contributed by atoms with Crippen LogP contribution in [0.5, 0.6) is 0 Å². The second kappa shape index (κ2) is 4.87. The molecule has 17 heavy (non-hydrogen) atoms. The summed E-state index contributed by atoms with van der Waals surface area (Å²) in [4.78, 5) is 0. The fourth-order valence-electron chi connectivity index (χ4n) is 2.50. The first kappa shape index (κ1) is 12.1. The van der Waals surface area contributed by atoms with E-state index in [0.29, 0.717) is 11.6 Å². The molecule has 0 atom stereocenters. The van der Waals surface area contributed by atoms with Gasteiger partial charge in [0.15, 0.2) is 0 Å². The molecule has 1 aromatic carbocycles. The average Bonchev–Trinajstić information content (AvgIpc) is 2.34. The van der Waals surface area contributed by atoms with Crippen LogP contribution in [0.1, 0.15) is 36.8 Å². The molecule has 0 radical (unpaired) electrons. The zero-order valence-electron chi connectivity index (χ0n) is 10.0. The van der Waals surface area contributed by atoms with Crippen molar-refractivity contribution in [1.29, 1.82) is 5.26 Å². The smallest absolute Gasteiger partial charge is 0.0991 e. The molecule has 0 amide bonds. The van der Waals surface area contributed by atoms with Gasteiger partial charge in [-0.2, -0.15) is 5.26 Å². The first-order chi connectivity index (χ1) is 8.11. The van der Waals surface area contributed by atoms with Crippen molar-refractivity contribution in [2.24, 2.45) is 11.5 Å². The van der Waals surface area contributed by atoms with Crippen LogP contribution in [0, 0.1) is 11.3 Å². The lowest BCUT2D eigenvalue weighted by Crippen LogP contribution is -2.47. The summed E-state index contributed by atoms with van der Waals surface area (Å²) in [7, 11) is 0. The van der Waals surface area contributed by atoms with Gasteiger partial charge in [0.05, 0.1) is 11.6 Å². The molecule has 1 saturated carbocycles. The molecule has 1 fully saturated rings. The van der Waals surface area contributed by atoms with Gasteiger partial charge in [-0.3, -0.25) is 0 Å². The summed E-state index contributed by atoms with van der Waals surface area (Å²) >= 11 is 0. The largest absolute Gasteiger partial charge is 0.328 e. The van der Waals surface area contributed by atoms with Gasteiger partial charge >= 0.3 is 0 Å². The summed E-state index contributed by atoms with van der Waals surface area (Å²) in [6.07, 6.45) is 4.91. The Bertz CT molecular complexity index is 408. The first-order valence-corrected chi connectivity index (χ1v) is 6.15. The highest BCUT2D eigenvalue weighted by Crippen LogP contribution is 2.28. The van der Waals surface area contributed by atoms with Crippen LogP contribution < -0.4 is 11.5 Å². The number of rotatable bonds is 2. The molecule has 0 aromatic heterocycles. The van der Waals surface area contributed by atoms with E-state index in [1.165, 1.54) is 5.56 Å². The van der Waals surface area contributed by atoms with E-state index in [1.807, 2.05) is 24.3 Å². The van der Waals surface area contributed by atoms with E-state index < -0.39 is 0 Å². The van der Waals surface area contributed by atoms with E-state index in [0.717, 1.165) is 32.1 Å². The van der Waals surface area contributed by atoms with Crippen molar-refractivity contribution in [1.82, 2.24) is 0 Å². The Balaban J connectivity index is 2.02. The molecular formula is C14H19N3. The quantitative estimate of drug-likeness (QED) is 0.810. The number of nitriles is 1. The van der Waals surface area contributed by atoms with Crippen LogP contribution in [0.25, 0.3) is 0 Å². The van der Waals surface area contributed by atoms with Gasteiger partial charge in [-0.1, -0.05) is 12.1 Å². The van der Waals surface area contributed by atoms with Crippen LogP contribution in [0.15, 0.2) is 24.3 Å². The Morgan fingerprint density at radius 2 is 1.82 bits per heavy atom. The van der Waals surface area contributed by atoms with Crippen molar-refractivity contribution in [3.05, 3.63) is 35.4 Å². The molecule has 3 heteroatoms. The fraction of sp³-hybridized carbons (Fsp3) is 0.500. The van der Waals surface area contributed by atoms with Crippen molar-refractivity contribution >= 4 is 0 Å². The van der Waals surface area contributed by atoms with Crippen LogP contribution >= 0.6 is 0 Å². The Labute approximate surface area is 102 Å². The third kappa shape index (κ3) is 3.06. The van der Waals surface area contributed by atoms with E-state index in [9.17, 15) is 0 Å². The molecule has 4 N–H and O–H groups in total.